The summed E-state index contributed by atoms with van der Waals surface area (Å²) in [5, 5.41) is 23.0. The van der Waals surface area contributed by atoms with Crippen molar-refractivity contribution in [1.29, 1.82) is 0 Å². The van der Waals surface area contributed by atoms with Gasteiger partial charge in [-0.2, -0.15) is 4.98 Å². The number of rotatable bonds is 6. The molecule has 2 N–H and O–H groups in total. The van der Waals surface area contributed by atoms with Crippen molar-refractivity contribution in [3.63, 3.8) is 0 Å². The molecule has 0 aliphatic rings. The molecular weight excluding hydrogens is 262 g/mol. The van der Waals surface area contributed by atoms with E-state index in [4.69, 9.17) is 4.42 Å². The van der Waals surface area contributed by atoms with E-state index in [9.17, 15) is 15.2 Å². The van der Waals surface area contributed by atoms with E-state index < -0.39 is 4.92 Å². The lowest BCUT2D eigenvalue weighted by Gasteiger charge is -2.16. The van der Waals surface area contributed by atoms with Gasteiger partial charge in [0.15, 0.2) is 5.58 Å². The number of aliphatic hydroxyl groups is 1. The molecule has 0 bridgehead atoms. The lowest BCUT2D eigenvalue weighted by atomic mass is 10.0. The number of fused-ring (bicyclic) bond motifs is 1. The van der Waals surface area contributed by atoms with Gasteiger partial charge in [0.2, 0.25) is 0 Å². The zero-order chi connectivity index (χ0) is 14.7. The zero-order valence-corrected chi connectivity index (χ0v) is 11.4. The van der Waals surface area contributed by atoms with Gasteiger partial charge in [-0.15, -0.1) is 0 Å². The van der Waals surface area contributed by atoms with Crippen molar-refractivity contribution < 1.29 is 14.4 Å². The topological polar surface area (TPSA) is 101 Å². The fraction of sp³-hybridized carbons (Fsp3) is 0.462. The van der Waals surface area contributed by atoms with Crippen molar-refractivity contribution in [3.8, 4) is 0 Å². The fourth-order valence-electron chi connectivity index (χ4n) is 2.01. The van der Waals surface area contributed by atoms with E-state index in [1.165, 1.54) is 12.1 Å². The van der Waals surface area contributed by atoms with Gasteiger partial charge in [-0.25, -0.2) is 0 Å². The first-order valence-corrected chi connectivity index (χ1v) is 6.42. The maximum absolute atomic E-state index is 10.7. The summed E-state index contributed by atoms with van der Waals surface area (Å²) in [6, 6.07) is 4.37. The van der Waals surface area contributed by atoms with Crippen LogP contribution in [0.3, 0.4) is 0 Å². The predicted octanol–water partition coefficient (Wildman–Crippen LogP) is 2.55. The van der Waals surface area contributed by atoms with Crippen LogP contribution in [0.2, 0.25) is 0 Å². The Balaban J connectivity index is 2.20. The Labute approximate surface area is 115 Å². The predicted molar refractivity (Wildman–Crippen MR) is 74.6 cm³/mol. The Morgan fingerprint density at radius 1 is 1.50 bits per heavy atom. The molecule has 1 aromatic heterocycles. The minimum Gasteiger partial charge on any atom is -0.423 e. The van der Waals surface area contributed by atoms with E-state index in [-0.39, 0.29) is 24.4 Å². The summed E-state index contributed by atoms with van der Waals surface area (Å²) in [7, 11) is 0. The highest BCUT2D eigenvalue weighted by Crippen LogP contribution is 2.24. The Bertz CT molecular complexity index is 609. The van der Waals surface area contributed by atoms with Crippen LogP contribution in [0.5, 0.6) is 0 Å². The average molecular weight is 279 g/mol. The highest BCUT2D eigenvalue weighted by molar-refractivity contribution is 5.77. The molecule has 7 heteroatoms. The number of aliphatic hydroxyl groups excluding tert-OH is 1. The van der Waals surface area contributed by atoms with Crippen LogP contribution in [-0.2, 0) is 0 Å². The Morgan fingerprint density at radius 2 is 2.25 bits per heavy atom. The molecule has 0 saturated heterocycles. The molecular formula is C13H17N3O4. The zero-order valence-electron chi connectivity index (χ0n) is 11.4. The third-order valence-electron chi connectivity index (χ3n) is 2.89. The van der Waals surface area contributed by atoms with E-state index in [1.807, 2.05) is 0 Å². The van der Waals surface area contributed by atoms with Crippen LogP contribution in [-0.4, -0.2) is 27.7 Å². The standard InChI is InChI=1S/C13H17N3O4/c1-8(2)5-9(7-17)14-13-15-11-4-3-10(16(18)19)6-12(11)20-13/h3-4,6,8-9,17H,5,7H2,1-2H3,(H,14,15). The summed E-state index contributed by atoms with van der Waals surface area (Å²) in [5.41, 5.74) is 0.850. The molecule has 0 amide bonds. The first-order chi connectivity index (χ1) is 9.49. The maximum atomic E-state index is 10.7. The van der Waals surface area contributed by atoms with Crippen molar-refractivity contribution in [2.24, 2.45) is 5.92 Å². The quantitative estimate of drug-likeness (QED) is 0.622. The van der Waals surface area contributed by atoms with Gasteiger partial charge in [-0.3, -0.25) is 10.1 Å². The number of non-ortho nitro benzene ring substituents is 1. The van der Waals surface area contributed by atoms with E-state index in [0.29, 0.717) is 17.0 Å². The van der Waals surface area contributed by atoms with Crippen molar-refractivity contribution in [1.82, 2.24) is 4.98 Å². The van der Waals surface area contributed by atoms with Crippen LogP contribution in [0.15, 0.2) is 22.6 Å². The monoisotopic (exact) mass is 279 g/mol. The largest absolute Gasteiger partial charge is 0.423 e. The molecule has 108 valence electrons. The number of benzene rings is 1. The van der Waals surface area contributed by atoms with Gasteiger partial charge in [-0.05, 0) is 18.4 Å². The molecule has 2 rings (SSSR count). The van der Waals surface area contributed by atoms with Crippen LogP contribution in [0.4, 0.5) is 11.7 Å². The summed E-state index contributed by atoms with van der Waals surface area (Å²) in [5.74, 6) is 0.421. The van der Waals surface area contributed by atoms with Crippen LogP contribution >= 0.6 is 0 Å². The smallest absolute Gasteiger partial charge is 0.295 e. The normalized spacial score (nSPS) is 12.8. The Kier molecular flexibility index (Phi) is 4.19. The second kappa shape index (κ2) is 5.87. The van der Waals surface area contributed by atoms with Gasteiger partial charge >= 0.3 is 0 Å². The second-order valence-electron chi connectivity index (χ2n) is 5.08. The molecule has 1 atom stereocenters. The summed E-state index contributed by atoms with van der Waals surface area (Å²) in [4.78, 5) is 14.4. The van der Waals surface area contributed by atoms with Crippen LogP contribution in [0, 0.1) is 16.0 Å². The number of hydrogen-bond donors (Lipinski definition) is 2. The summed E-state index contributed by atoms with van der Waals surface area (Å²) in [6.07, 6.45) is 0.773. The lowest BCUT2D eigenvalue weighted by molar-refractivity contribution is -0.384. The molecule has 0 aliphatic heterocycles. The summed E-state index contributed by atoms with van der Waals surface area (Å²) in [6.45, 7) is 4.08. The summed E-state index contributed by atoms with van der Waals surface area (Å²) >= 11 is 0. The molecule has 7 nitrogen and oxygen atoms in total. The molecule has 2 aromatic rings. The minimum absolute atomic E-state index is 0.0307. The first kappa shape index (κ1) is 14.3. The number of anilines is 1. The van der Waals surface area contributed by atoms with Crippen LogP contribution in [0.25, 0.3) is 11.1 Å². The SMILES string of the molecule is CC(C)CC(CO)Nc1nc2ccc([N+](=O)[O-])cc2o1. The molecule has 1 heterocycles. The van der Waals surface area contributed by atoms with Crippen molar-refractivity contribution in [2.75, 3.05) is 11.9 Å². The van der Waals surface area contributed by atoms with Gasteiger partial charge < -0.3 is 14.8 Å². The van der Waals surface area contributed by atoms with Gasteiger partial charge in [0.1, 0.15) is 5.52 Å². The summed E-state index contributed by atoms with van der Waals surface area (Å²) < 4.78 is 5.43. The second-order valence-corrected chi connectivity index (χ2v) is 5.08. The van der Waals surface area contributed by atoms with Crippen LogP contribution in [0.1, 0.15) is 20.3 Å². The Morgan fingerprint density at radius 3 is 2.85 bits per heavy atom. The third kappa shape index (κ3) is 3.24. The average Bonchev–Trinajstić information content (AvgIpc) is 2.78. The van der Waals surface area contributed by atoms with Gasteiger partial charge in [0.25, 0.3) is 11.7 Å². The number of hydrogen-bond acceptors (Lipinski definition) is 6. The minimum atomic E-state index is -0.482. The fourth-order valence-corrected chi connectivity index (χ4v) is 2.01. The number of nitro benzene ring substituents is 1. The van der Waals surface area contributed by atoms with E-state index >= 15 is 0 Å². The molecule has 0 fully saturated rings. The highest BCUT2D eigenvalue weighted by Gasteiger charge is 2.15. The molecule has 0 saturated carbocycles. The Hall–Kier alpha value is -2.15. The van der Waals surface area contributed by atoms with Gasteiger partial charge in [-0.1, -0.05) is 13.8 Å². The number of nitrogens with zero attached hydrogens (tertiary/aromatic N) is 2. The maximum Gasteiger partial charge on any atom is 0.295 e. The van der Waals surface area contributed by atoms with Crippen molar-refractivity contribution in [2.45, 2.75) is 26.3 Å². The van der Waals surface area contributed by atoms with Crippen LogP contribution < -0.4 is 5.32 Å². The van der Waals surface area contributed by atoms with Gasteiger partial charge in [0.05, 0.1) is 23.6 Å². The third-order valence-corrected chi connectivity index (χ3v) is 2.89. The number of aromatic nitrogens is 1. The number of nitro groups is 1. The van der Waals surface area contributed by atoms with E-state index in [1.54, 1.807) is 6.07 Å². The molecule has 0 spiro atoms. The highest BCUT2D eigenvalue weighted by atomic mass is 16.6. The molecule has 1 aromatic carbocycles. The molecule has 0 radical (unpaired) electrons. The van der Waals surface area contributed by atoms with Crippen molar-refractivity contribution in [3.05, 3.63) is 28.3 Å². The first-order valence-electron chi connectivity index (χ1n) is 6.42. The molecule has 0 aliphatic carbocycles. The van der Waals surface area contributed by atoms with E-state index in [0.717, 1.165) is 6.42 Å². The number of oxazole rings is 1. The van der Waals surface area contributed by atoms with E-state index in [2.05, 4.69) is 24.1 Å². The molecule has 1 unspecified atom stereocenters. The molecule has 20 heavy (non-hydrogen) atoms. The number of nitrogens with one attached hydrogen (secondary N) is 1. The van der Waals surface area contributed by atoms with Gasteiger partial charge in [0, 0.05) is 6.07 Å². The van der Waals surface area contributed by atoms with Crippen molar-refractivity contribution >= 4 is 22.8 Å². The lowest BCUT2D eigenvalue weighted by Crippen LogP contribution is -2.25.